The predicted octanol–water partition coefficient (Wildman–Crippen LogP) is 3.87. The molecule has 10 nitrogen and oxygen atoms in total. The highest BCUT2D eigenvalue weighted by atomic mass is 15.3. The van der Waals surface area contributed by atoms with E-state index in [1.165, 1.54) is 5.69 Å². The number of hydrogen-bond donors (Lipinski definition) is 2. The summed E-state index contributed by atoms with van der Waals surface area (Å²) in [5.41, 5.74) is 13.0. The number of hydrogen-bond acceptors (Lipinski definition) is 10. The summed E-state index contributed by atoms with van der Waals surface area (Å²) in [6.07, 6.45) is 9.10. The Labute approximate surface area is 228 Å². The van der Waals surface area contributed by atoms with Gasteiger partial charge in [0.1, 0.15) is 5.82 Å². The van der Waals surface area contributed by atoms with Crippen LogP contribution < -0.4 is 16.0 Å². The summed E-state index contributed by atoms with van der Waals surface area (Å²) in [7, 11) is 1.75. The number of fused-ring (bicyclic) bond motifs is 1. The number of aromatic nitrogens is 5. The lowest BCUT2D eigenvalue weighted by Gasteiger charge is -2.36. The van der Waals surface area contributed by atoms with Crippen molar-refractivity contribution in [3.63, 3.8) is 0 Å². The van der Waals surface area contributed by atoms with Crippen LogP contribution in [0.2, 0.25) is 0 Å². The molecule has 1 aliphatic heterocycles. The lowest BCUT2D eigenvalue weighted by Crippen LogP contribution is -2.47. The van der Waals surface area contributed by atoms with Gasteiger partial charge < -0.3 is 16.0 Å². The number of anilines is 3. The Balaban J connectivity index is 1.34. The summed E-state index contributed by atoms with van der Waals surface area (Å²) >= 11 is 0. The second-order valence-corrected chi connectivity index (χ2v) is 9.91. The van der Waals surface area contributed by atoms with Gasteiger partial charge >= 0.3 is 0 Å². The third-order valence-electron chi connectivity index (χ3n) is 6.85. The normalized spacial score (nSPS) is 15.2. The number of piperazine rings is 1. The van der Waals surface area contributed by atoms with Gasteiger partial charge in [0.25, 0.3) is 0 Å². The van der Waals surface area contributed by atoms with Crippen LogP contribution in [0.25, 0.3) is 16.6 Å². The van der Waals surface area contributed by atoms with Crippen molar-refractivity contribution in [3.05, 3.63) is 78.0 Å². The molecule has 0 unspecified atom stereocenters. The standard InChI is InChI=1S/C29H34N10/c1-20(2)21-15-29(37-34-17-21)36-28-5-4-26-27(35-28)14-22(16-33-26)24(18-31-3)25(30)19-38-10-12-39(13-11-38)23-6-8-32-9-7-23/h4-9,14-18,20H,10-13,19,30H2,1-3H3,(H,35,36,37). The SMILES string of the molecule is CN=CC(=C(N)CN1CCN(c2ccncc2)CC1)c1cnc2ccc(Nc3cc(C(C)C)cnn3)nc2c1. The van der Waals surface area contributed by atoms with Gasteiger partial charge in [-0.1, -0.05) is 13.8 Å². The van der Waals surface area contributed by atoms with Crippen molar-refractivity contribution < 1.29 is 0 Å². The number of allylic oxidation sites excluding steroid dienone is 1. The van der Waals surface area contributed by atoms with E-state index >= 15 is 0 Å². The molecule has 0 radical (unpaired) electrons. The summed E-state index contributed by atoms with van der Waals surface area (Å²) in [4.78, 5) is 22.6. The largest absolute Gasteiger partial charge is 0.400 e. The van der Waals surface area contributed by atoms with Gasteiger partial charge in [0.15, 0.2) is 5.82 Å². The number of nitrogens with zero attached hydrogens (tertiary/aromatic N) is 8. The summed E-state index contributed by atoms with van der Waals surface area (Å²) < 4.78 is 0. The fourth-order valence-corrected chi connectivity index (χ4v) is 4.63. The Kier molecular flexibility index (Phi) is 8.02. The molecule has 0 saturated carbocycles. The van der Waals surface area contributed by atoms with E-state index in [2.05, 4.69) is 66.3 Å². The van der Waals surface area contributed by atoms with Crippen LogP contribution in [0, 0.1) is 0 Å². The van der Waals surface area contributed by atoms with E-state index in [0.717, 1.165) is 59.6 Å². The van der Waals surface area contributed by atoms with Gasteiger partial charge in [0.2, 0.25) is 0 Å². The highest BCUT2D eigenvalue weighted by molar-refractivity contribution is 6.11. The first-order valence-corrected chi connectivity index (χ1v) is 13.1. The fourth-order valence-electron chi connectivity index (χ4n) is 4.63. The maximum atomic E-state index is 6.68. The smallest absolute Gasteiger partial charge is 0.154 e. The number of pyridine rings is 3. The molecule has 1 saturated heterocycles. The Morgan fingerprint density at radius 3 is 2.56 bits per heavy atom. The molecule has 0 amide bonds. The highest BCUT2D eigenvalue weighted by Crippen LogP contribution is 2.23. The Morgan fingerprint density at radius 2 is 1.82 bits per heavy atom. The van der Waals surface area contributed by atoms with Crippen molar-refractivity contribution in [2.75, 3.05) is 50.0 Å². The molecule has 5 rings (SSSR count). The maximum Gasteiger partial charge on any atom is 0.154 e. The molecule has 4 aromatic heterocycles. The van der Waals surface area contributed by atoms with Crippen molar-refractivity contribution in [1.29, 1.82) is 0 Å². The van der Waals surface area contributed by atoms with E-state index in [9.17, 15) is 0 Å². The van der Waals surface area contributed by atoms with Crippen molar-refractivity contribution in [2.24, 2.45) is 10.7 Å². The molecule has 39 heavy (non-hydrogen) atoms. The molecule has 4 aromatic rings. The van der Waals surface area contributed by atoms with Crippen LogP contribution in [0.1, 0.15) is 30.9 Å². The number of rotatable bonds is 8. The number of nitrogens with one attached hydrogen (secondary N) is 1. The van der Waals surface area contributed by atoms with Crippen molar-refractivity contribution in [1.82, 2.24) is 30.0 Å². The zero-order valence-electron chi connectivity index (χ0n) is 22.6. The Morgan fingerprint density at radius 1 is 1.03 bits per heavy atom. The molecule has 200 valence electrons. The van der Waals surface area contributed by atoms with Crippen LogP contribution in [0.5, 0.6) is 0 Å². The first-order chi connectivity index (χ1) is 19.0. The molecule has 3 N–H and O–H groups in total. The predicted molar refractivity (Wildman–Crippen MR) is 157 cm³/mol. The van der Waals surface area contributed by atoms with Gasteiger partial charge in [-0.25, -0.2) is 4.98 Å². The van der Waals surface area contributed by atoms with E-state index in [0.29, 0.717) is 24.1 Å². The van der Waals surface area contributed by atoms with Crippen molar-refractivity contribution in [3.8, 4) is 0 Å². The lowest BCUT2D eigenvalue weighted by molar-refractivity contribution is 0.278. The quantitative estimate of drug-likeness (QED) is 0.332. The molecule has 10 heteroatoms. The summed E-state index contributed by atoms with van der Waals surface area (Å²) in [6, 6.07) is 11.9. The summed E-state index contributed by atoms with van der Waals surface area (Å²) in [5, 5.41) is 11.6. The monoisotopic (exact) mass is 522 g/mol. The van der Waals surface area contributed by atoms with E-state index in [4.69, 9.17) is 10.7 Å². The molecule has 0 aliphatic carbocycles. The third kappa shape index (κ3) is 6.35. The average Bonchev–Trinajstić information content (AvgIpc) is 2.96. The molecule has 1 fully saturated rings. The zero-order valence-corrected chi connectivity index (χ0v) is 22.6. The molecule has 0 spiro atoms. The summed E-state index contributed by atoms with van der Waals surface area (Å²) in [6.45, 7) is 8.64. The third-order valence-corrected chi connectivity index (χ3v) is 6.85. The molecule has 0 atom stereocenters. The van der Waals surface area contributed by atoms with E-state index in [1.807, 2.05) is 42.9 Å². The molecular weight excluding hydrogens is 488 g/mol. The first-order valence-electron chi connectivity index (χ1n) is 13.1. The molecule has 5 heterocycles. The van der Waals surface area contributed by atoms with Gasteiger partial charge in [0, 0.05) is 87.1 Å². The van der Waals surface area contributed by atoms with Crippen molar-refractivity contribution in [2.45, 2.75) is 19.8 Å². The van der Waals surface area contributed by atoms with Crippen LogP contribution in [0.15, 0.2) is 71.9 Å². The van der Waals surface area contributed by atoms with Gasteiger partial charge in [-0.15, -0.1) is 5.10 Å². The highest BCUT2D eigenvalue weighted by Gasteiger charge is 2.19. The minimum Gasteiger partial charge on any atom is -0.400 e. The number of aliphatic imine (C=N–C) groups is 1. The summed E-state index contributed by atoms with van der Waals surface area (Å²) in [5.74, 6) is 1.69. The molecular formula is C29H34N10. The second kappa shape index (κ2) is 12.0. The molecule has 0 aromatic carbocycles. The minimum atomic E-state index is 0.360. The molecule has 1 aliphatic rings. The van der Waals surface area contributed by atoms with E-state index in [1.54, 1.807) is 19.5 Å². The molecule has 0 bridgehead atoms. The van der Waals surface area contributed by atoms with Crippen LogP contribution in [-0.2, 0) is 0 Å². The maximum absolute atomic E-state index is 6.68. The average molecular weight is 523 g/mol. The first kappa shape index (κ1) is 26.2. The Hall–Kier alpha value is -4.44. The van der Waals surface area contributed by atoms with Crippen molar-refractivity contribution >= 4 is 40.1 Å². The van der Waals surface area contributed by atoms with E-state index < -0.39 is 0 Å². The van der Waals surface area contributed by atoms with Gasteiger partial charge in [0.05, 0.1) is 17.2 Å². The van der Waals surface area contributed by atoms with Crippen LogP contribution in [0.3, 0.4) is 0 Å². The van der Waals surface area contributed by atoms with Gasteiger partial charge in [-0.05, 0) is 47.9 Å². The van der Waals surface area contributed by atoms with Gasteiger partial charge in [-0.3, -0.25) is 19.9 Å². The zero-order chi connectivity index (χ0) is 27.2. The van der Waals surface area contributed by atoms with Crippen LogP contribution >= 0.6 is 0 Å². The van der Waals surface area contributed by atoms with Crippen LogP contribution in [-0.4, -0.2) is 76.0 Å². The lowest BCUT2D eigenvalue weighted by atomic mass is 10.1. The van der Waals surface area contributed by atoms with Crippen LogP contribution in [0.4, 0.5) is 17.3 Å². The Bertz CT molecular complexity index is 1470. The topological polar surface area (TPSA) is 121 Å². The fraction of sp³-hybridized carbons (Fsp3) is 0.310. The number of nitrogens with two attached hydrogens (primary N) is 1. The second-order valence-electron chi connectivity index (χ2n) is 9.91. The van der Waals surface area contributed by atoms with Gasteiger partial charge in [-0.2, -0.15) is 5.10 Å². The minimum absolute atomic E-state index is 0.360. The van der Waals surface area contributed by atoms with E-state index in [-0.39, 0.29) is 0 Å².